The second-order valence-electron chi connectivity index (χ2n) is 4.19. The summed E-state index contributed by atoms with van der Waals surface area (Å²) in [5, 5.41) is 1.07. The minimum atomic E-state index is 0.182. The molecule has 0 N–H and O–H groups in total. The van der Waals surface area contributed by atoms with Crippen molar-refractivity contribution >= 4 is 22.6 Å². The molecular formula is C13H13NO2. The highest BCUT2D eigenvalue weighted by molar-refractivity contribution is 6.04. The number of fused-ring (bicyclic) bond motifs is 2. The van der Waals surface area contributed by atoms with E-state index in [9.17, 15) is 4.79 Å². The van der Waals surface area contributed by atoms with Crippen LogP contribution in [0.25, 0.3) is 11.0 Å². The summed E-state index contributed by atoms with van der Waals surface area (Å²) in [6, 6.07) is 6.05. The van der Waals surface area contributed by atoms with E-state index in [1.807, 2.05) is 30.9 Å². The van der Waals surface area contributed by atoms with Gasteiger partial charge >= 0.3 is 0 Å². The minimum absolute atomic E-state index is 0.182. The van der Waals surface area contributed by atoms with Gasteiger partial charge in [0, 0.05) is 17.6 Å². The molecule has 0 spiro atoms. The molecule has 0 fully saturated rings. The van der Waals surface area contributed by atoms with Gasteiger partial charge < -0.3 is 9.32 Å². The van der Waals surface area contributed by atoms with Crippen LogP contribution < -0.4 is 4.90 Å². The fraction of sp³-hybridized carbons (Fsp3) is 0.308. The van der Waals surface area contributed by atoms with E-state index in [1.54, 1.807) is 0 Å². The van der Waals surface area contributed by atoms with Crippen LogP contribution in [0.15, 0.2) is 22.6 Å². The third-order valence-corrected chi connectivity index (χ3v) is 3.09. The molecule has 0 bridgehead atoms. The summed E-state index contributed by atoms with van der Waals surface area (Å²) in [6.45, 7) is 4.67. The number of hydrogen-bond donors (Lipinski definition) is 0. The lowest BCUT2D eigenvalue weighted by molar-refractivity contribution is -0.117. The van der Waals surface area contributed by atoms with Crippen molar-refractivity contribution in [3.8, 4) is 0 Å². The molecule has 82 valence electrons. The van der Waals surface area contributed by atoms with Crippen molar-refractivity contribution in [3.05, 3.63) is 29.5 Å². The summed E-state index contributed by atoms with van der Waals surface area (Å²) in [7, 11) is 0. The normalized spacial score (nSPS) is 14.9. The molecule has 2 heterocycles. The van der Waals surface area contributed by atoms with Gasteiger partial charge in [0.2, 0.25) is 5.91 Å². The summed E-state index contributed by atoms with van der Waals surface area (Å²) in [6.07, 6.45) is 0.499. The Labute approximate surface area is 93.6 Å². The Morgan fingerprint density at radius 2 is 2.19 bits per heavy atom. The van der Waals surface area contributed by atoms with E-state index in [1.165, 1.54) is 0 Å². The first-order chi connectivity index (χ1) is 7.69. The molecule has 1 aromatic carbocycles. The van der Waals surface area contributed by atoms with Gasteiger partial charge in [-0.05, 0) is 37.6 Å². The van der Waals surface area contributed by atoms with Crippen LogP contribution in [0.4, 0.5) is 5.69 Å². The number of anilines is 1. The van der Waals surface area contributed by atoms with E-state index >= 15 is 0 Å². The number of benzene rings is 1. The molecular weight excluding hydrogens is 202 g/mol. The maximum Gasteiger partial charge on any atom is 0.231 e. The van der Waals surface area contributed by atoms with Crippen molar-refractivity contribution in [2.45, 2.75) is 20.3 Å². The number of hydrogen-bond acceptors (Lipinski definition) is 2. The maximum atomic E-state index is 11.7. The van der Waals surface area contributed by atoms with Gasteiger partial charge in [-0.1, -0.05) is 0 Å². The fourth-order valence-corrected chi connectivity index (χ4v) is 2.38. The zero-order valence-electron chi connectivity index (χ0n) is 9.41. The summed E-state index contributed by atoms with van der Waals surface area (Å²) in [5.41, 5.74) is 3.00. The number of nitrogens with zero attached hydrogens (tertiary/aromatic N) is 1. The Hall–Kier alpha value is -1.77. The third kappa shape index (κ3) is 1.18. The standard InChI is InChI=1S/C13H13NO2/c1-3-14-11-5-10-4-8(2)16-12(10)6-9(11)7-13(14)15/h4-6H,3,7H2,1-2H3. The van der Waals surface area contributed by atoms with Crippen LogP contribution >= 0.6 is 0 Å². The van der Waals surface area contributed by atoms with Crippen LogP contribution in [-0.4, -0.2) is 12.5 Å². The average molecular weight is 215 g/mol. The van der Waals surface area contributed by atoms with E-state index in [0.717, 1.165) is 34.5 Å². The van der Waals surface area contributed by atoms with Crippen molar-refractivity contribution in [1.29, 1.82) is 0 Å². The van der Waals surface area contributed by atoms with Crippen molar-refractivity contribution in [1.82, 2.24) is 0 Å². The Bertz CT molecular complexity index is 583. The van der Waals surface area contributed by atoms with E-state index in [2.05, 4.69) is 6.07 Å². The molecule has 0 radical (unpaired) electrons. The number of rotatable bonds is 1. The molecule has 3 rings (SSSR count). The molecule has 1 aliphatic heterocycles. The largest absolute Gasteiger partial charge is 0.461 e. The van der Waals surface area contributed by atoms with E-state index < -0.39 is 0 Å². The van der Waals surface area contributed by atoms with Crippen molar-refractivity contribution in [2.75, 3.05) is 11.4 Å². The SMILES string of the molecule is CCN1C(=O)Cc2cc3oc(C)cc3cc21. The highest BCUT2D eigenvalue weighted by Gasteiger charge is 2.26. The van der Waals surface area contributed by atoms with Gasteiger partial charge in [0.1, 0.15) is 11.3 Å². The van der Waals surface area contributed by atoms with Gasteiger partial charge in [0.25, 0.3) is 0 Å². The highest BCUT2D eigenvalue weighted by atomic mass is 16.3. The molecule has 0 saturated carbocycles. The summed E-state index contributed by atoms with van der Waals surface area (Å²) in [4.78, 5) is 13.6. The number of carbonyl (C=O) groups is 1. The zero-order chi connectivity index (χ0) is 11.3. The van der Waals surface area contributed by atoms with Gasteiger partial charge in [0.15, 0.2) is 0 Å². The number of amides is 1. The second-order valence-corrected chi connectivity index (χ2v) is 4.19. The highest BCUT2D eigenvalue weighted by Crippen LogP contribution is 2.33. The lowest BCUT2D eigenvalue weighted by atomic mass is 10.1. The van der Waals surface area contributed by atoms with Crippen LogP contribution in [0.1, 0.15) is 18.2 Å². The van der Waals surface area contributed by atoms with Gasteiger partial charge in [-0.25, -0.2) is 0 Å². The molecule has 0 unspecified atom stereocenters. The van der Waals surface area contributed by atoms with Crippen LogP contribution in [0.3, 0.4) is 0 Å². The number of furan rings is 1. The molecule has 1 amide bonds. The molecule has 1 aliphatic rings. The van der Waals surface area contributed by atoms with E-state index in [4.69, 9.17) is 4.42 Å². The van der Waals surface area contributed by atoms with E-state index in [0.29, 0.717) is 6.42 Å². The zero-order valence-corrected chi connectivity index (χ0v) is 9.41. The van der Waals surface area contributed by atoms with Crippen molar-refractivity contribution < 1.29 is 9.21 Å². The van der Waals surface area contributed by atoms with Crippen LogP contribution in [0.2, 0.25) is 0 Å². The lowest BCUT2D eigenvalue weighted by Gasteiger charge is -2.14. The monoisotopic (exact) mass is 215 g/mol. The first kappa shape index (κ1) is 9.46. The molecule has 2 aromatic rings. The average Bonchev–Trinajstić information content (AvgIpc) is 2.71. The predicted molar refractivity (Wildman–Crippen MR) is 62.7 cm³/mol. The van der Waals surface area contributed by atoms with Crippen LogP contribution in [0, 0.1) is 6.92 Å². The van der Waals surface area contributed by atoms with Gasteiger partial charge in [-0.15, -0.1) is 0 Å². The van der Waals surface area contributed by atoms with Crippen molar-refractivity contribution in [2.24, 2.45) is 0 Å². The lowest BCUT2D eigenvalue weighted by Crippen LogP contribution is -2.25. The van der Waals surface area contributed by atoms with E-state index in [-0.39, 0.29) is 5.91 Å². The fourth-order valence-electron chi connectivity index (χ4n) is 2.38. The first-order valence-electron chi connectivity index (χ1n) is 5.52. The Morgan fingerprint density at radius 1 is 1.38 bits per heavy atom. The maximum absolute atomic E-state index is 11.7. The summed E-state index contributed by atoms with van der Waals surface area (Å²) < 4.78 is 5.57. The Kier molecular flexibility index (Phi) is 1.84. The van der Waals surface area contributed by atoms with Gasteiger partial charge in [0.05, 0.1) is 6.42 Å². The minimum Gasteiger partial charge on any atom is -0.461 e. The first-order valence-corrected chi connectivity index (χ1v) is 5.52. The molecule has 0 aliphatic carbocycles. The number of likely N-dealkylation sites (N-methyl/N-ethyl adjacent to an activating group) is 1. The van der Waals surface area contributed by atoms with Gasteiger partial charge in [-0.3, -0.25) is 4.79 Å². The summed E-state index contributed by atoms with van der Waals surface area (Å²) in [5.74, 6) is 1.09. The van der Waals surface area contributed by atoms with Crippen LogP contribution in [-0.2, 0) is 11.2 Å². The topological polar surface area (TPSA) is 33.5 Å². The molecule has 3 heteroatoms. The molecule has 1 aromatic heterocycles. The molecule has 16 heavy (non-hydrogen) atoms. The van der Waals surface area contributed by atoms with Gasteiger partial charge in [-0.2, -0.15) is 0 Å². The Balaban J connectivity index is 2.24. The smallest absolute Gasteiger partial charge is 0.231 e. The number of aryl methyl sites for hydroxylation is 1. The molecule has 0 atom stereocenters. The second kappa shape index (κ2) is 3.11. The van der Waals surface area contributed by atoms with Crippen LogP contribution in [0.5, 0.6) is 0 Å². The van der Waals surface area contributed by atoms with Crippen molar-refractivity contribution in [3.63, 3.8) is 0 Å². The number of carbonyl (C=O) groups excluding carboxylic acids is 1. The quantitative estimate of drug-likeness (QED) is 0.732. The molecule has 0 saturated heterocycles. The predicted octanol–water partition coefficient (Wildman–Crippen LogP) is 2.65. The molecule has 3 nitrogen and oxygen atoms in total. The summed E-state index contributed by atoms with van der Waals surface area (Å²) >= 11 is 0. The Morgan fingerprint density at radius 3 is 2.94 bits per heavy atom. The third-order valence-electron chi connectivity index (χ3n) is 3.09.